The van der Waals surface area contributed by atoms with Crippen LogP contribution in [0.25, 0.3) is 10.9 Å². The van der Waals surface area contributed by atoms with Gasteiger partial charge in [-0.15, -0.1) is 0 Å². The highest BCUT2D eigenvalue weighted by Gasteiger charge is 2.16. The smallest absolute Gasteiger partial charge is 0.322 e. The second-order valence-corrected chi connectivity index (χ2v) is 4.75. The van der Waals surface area contributed by atoms with E-state index in [0.717, 1.165) is 20.9 Å². The average molecular weight is 297 g/mol. The molecule has 1 heterocycles. The van der Waals surface area contributed by atoms with Crippen LogP contribution in [-0.4, -0.2) is 24.1 Å². The third-order valence-electron chi connectivity index (χ3n) is 2.67. The Labute approximate surface area is 107 Å². The number of rotatable bonds is 3. The molecule has 1 atom stereocenters. The van der Waals surface area contributed by atoms with E-state index in [1.54, 1.807) is 0 Å². The maximum Gasteiger partial charge on any atom is 0.322 e. The van der Waals surface area contributed by atoms with Crippen LogP contribution < -0.4 is 5.73 Å². The summed E-state index contributed by atoms with van der Waals surface area (Å²) in [6.07, 6.45) is 2.34. The molecule has 0 saturated carbocycles. The molecule has 2 rings (SSSR count). The number of benzene rings is 1. The number of aromatic nitrogens is 1. The van der Waals surface area contributed by atoms with Gasteiger partial charge in [0.1, 0.15) is 6.04 Å². The molecule has 0 saturated heterocycles. The van der Waals surface area contributed by atoms with Crippen molar-refractivity contribution in [2.45, 2.75) is 12.5 Å². The van der Waals surface area contributed by atoms with Crippen molar-refractivity contribution in [2.24, 2.45) is 5.73 Å². The monoisotopic (exact) mass is 296 g/mol. The molecule has 5 heteroatoms. The number of ether oxygens (including phenoxy) is 1. The van der Waals surface area contributed by atoms with Crippen molar-refractivity contribution in [3.63, 3.8) is 0 Å². The summed E-state index contributed by atoms with van der Waals surface area (Å²) in [5.74, 6) is -0.394. The van der Waals surface area contributed by atoms with Crippen molar-refractivity contribution in [3.8, 4) is 0 Å². The number of hydrogen-bond donors (Lipinski definition) is 2. The standard InChI is InChI=1S/C12H13BrN2O2/c1-17-12(16)10(14)4-7-6-15-11-3-2-8(13)5-9(7)11/h2-3,5-6,10,15H,4,14H2,1H3/t10-/m0/s1. The fourth-order valence-electron chi connectivity index (χ4n) is 1.79. The Morgan fingerprint density at radius 1 is 1.59 bits per heavy atom. The lowest BCUT2D eigenvalue weighted by Crippen LogP contribution is -2.33. The number of H-pyrrole nitrogens is 1. The van der Waals surface area contributed by atoms with Crippen LogP contribution >= 0.6 is 15.9 Å². The lowest BCUT2D eigenvalue weighted by molar-refractivity contribution is -0.142. The average Bonchev–Trinajstić information content (AvgIpc) is 2.71. The molecule has 0 aliphatic heterocycles. The van der Waals surface area contributed by atoms with Crippen molar-refractivity contribution in [1.29, 1.82) is 0 Å². The number of hydrogen-bond acceptors (Lipinski definition) is 3. The summed E-state index contributed by atoms with van der Waals surface area (Å²) in [6, 6.07) is 5.32. The maximum absolute atomic E-state index is 11.3. The largest absolute Gasteiger partial charge is 0.468 e. The van der Waals surface area contributed by atoms with Crippen molar-refractivity contribution in [2.75, 3.05) is 7.11 Å². The van der Waals surface area contributed by atoms with E-state index in [-0.39, 0.29) is 0 Å². The molecular weight excluding hydrogens is 284 g/mol. The van der Waals surface area contributed by atoms with Gasteiger partial charge in [0.2, 0.25) is 0 Å². The molecule has 0 bridgehead atoms. The Morgan fingerprint density at radius 3 is 3.06 bits per heavy atom. The van der Waals surface area contributed by atoms with Crippen molar-refractivity contribution >= 4 is 32.8 Å². The highest BCUT2D eigenvalue weighted by molar-refractivity contribution is 9.10. The number of carbonyl (C=O) groups excluding carboxylic acids is 1. The molecule has 90 valence electrons. The van der Waals surface area contributed by atoms with E-state index in [0.29, 0.717) is 6.42 Å². The predicted octanol–water partition coefficient (Wildman–Crippen LogP) is 1.97. The summed E-state index contributed by atoms with van der Waals surface area (Å²) in [7, 11) is 1.34. The van der Waals surface area contributed by atoms with Crippen LogP contribution in [0.2, 0.25) is 0 Å². The summed E-state index contributed by atoms with van der Waals surface area (Å²) >= 11 is 3.42. The first-order chi connectivity index (χ1) is 8.11. The number of halogens is 1. The summed E-state index contributed by atoms with van der Waals surface area (Å²) in [5, 5.41) is 1.07. The number of carbonyl (C=O) groups is 1. The van der Waals surface area contributed by atoms with Gasteiger partial charge in [0.15, 0.2) is 0 Å². The molecule has 3 N–H and O–H groups in total. The van der Waals surface area contributed by atoms with Crippen LogP contribution in [-0.2, 0) is 16.0 Å². The van der Waals surface area contributed by atoms with Crippen LogP contribution in [0.5, 0.6) is 0 Å². The first-order valence-corrected chi connectivity index (χ1v) is 6.00. The zero-order chi connectivity index (χ0) is 12.4. The molecular formula is C12H13BrN2O2. The minimum absolute atomic E-state index is 0.394. The molecule has 2 aromatic rings. The minimum Gasteiger partial charge on any atom is -0.468 e. The van der Waals surface area contributed by atoms with Gasteiger partial charge in [-0.1, -0.05) is 15.9 Å². The van der Waals surface area contributed by atoms with Gasteiger partial charge >= 0.3 is 5.97 Å². The number of methoxy groups -OCH3 is 1. The van der Waals surface area contributed by atoms with E-state index >= 15 is 0 Å². The van der Waals surface area contributed by atoms with E-state index in [9.17, 15) is 4.79 Å². The Bertz CT molecular complexity index is 550. The van der Waals surface area contributed by atoms with Crippen molar-refractivity contribution in [1.82, 2.24) is 4.98 Å². The Kier molecular flexibility index (Phi) is 3.49. The third kappa shape index (κ3) is 2.50. The number of esters is 1. The molecule has 0 unspecified atom stereocenters. The fraction of sp³-hybridized carbons (Fsp3) is 0.250. The van der Waals surface area contributed by atoms with E-state index in [4.69, 9.17) is 5.73 Å². The lowest BCUT2D eigenvalue weighted by Gasteiger charge is -2.08. The first-order valence-electron chi connectivity index (χ1n) is 5.20. The molecule has 17 heavy (non-hydrogen) atoms. The van der Waals surface area contributed by atoms with Crippen LogP contribution in [0, 0.1) is 0 Å². The topological polar surface area (TPSA) is 68.1 Å². The first kappa shape index (κ1) is 12.1. The summed E-state index contributed by atoms with van der Waals surface area (Å²) in [6.45, 7) is 0. The molecule has 4 nitrogen and oxygen atoms in total. The summed E-state index contributed by atoms with van der Waals surface area (Å²) < 4.78 is 5.61. The van der Waals surface area contributed by atoms with Gasteiger partial charge < -0.3 is 15.5 Å². The van der Waals surface area contributed by atoms with Gasteiger partial charge in [-0.25, -0.2) is 0 Å². The highest BCUT2D eigenvalue weighted by atomic mass is 79.9. The maximum atomic E-state index is 11.3. The molecule has 0 radical (unpaired) electrons. The van der Waals surface area contributed by atoms with E-state index in [1.807, 2.05) is 24.4 Å². The summed E-state index contributed by atoms with van der Waals surface area (Å²) in [4.78, 5) is 14.4. The fourth-order valence-corrected chi connectivity index (χ4v) is 2.15. The van der Waals surface area contributed by atoms with Gasteiger partial charge in [-0.2, -0.15) is 0 Å². The van der Waals surface area contributed by atoms with Gasteiger partial charge in [-0.3, -0.25) is 4.79 Å². The zero-order valence-electron chi connectivity index (χ0n) is 9.37. The SMILES string of the molecule is COC(=O)[C@@H](N)Cc1c[nH]c2ccc(Br)cc12. The van der Waals surface area contributed by atoms with Crippen LogP contribution in [0.15, 0.2) is 28.9 Å². The van der Waals surface area contributed by atoms with Gasteiger partial charge in [0.25, 0.3) is 0 Å². The van der Waals surface area contributed by atoms with Crippen LogP contribution in [0.3, 0.4) is 0 Å². The number of nitrogens with one attached hydrogen (secondary N) is 1. The van der Waals surface area contributed by atoms with E-state index < -0.39 is 12.0 Å². The highest BCUT2D eigenvalue weighted by Crippen LogP contribution is 2.23. The number of aromatic amines is 1. The number of nitrogens with two attached hydrogens (primary N) is 1. The van der Waals surface area contributed by atoms with E-state index in [1.165, 1.54) is 7.11 Å². The Hall–Kier alpha value is -1.33. The zero-order valence-corrected chi connectivity index (χ0v) is 11.0. The summed E-state index contributed by atoms with van der Waals surface area (Å²) in [5.41, 5.74) is 7.79. The molecule has 0 aliphatic rings. The van der Waals surface area contributed by atoms with Crippen molar-refractivity contribution in [3.05, 3.63) is 34.4 Å². The lowest BCUT2D eigenvalue weighted by atomic mass is 10.1. The molecule has 0 spiro atoms. The van der Waals surface area contributed by atoms with Crippen molar-refractivity contribution < 1.29 is 9.53 Å². The predicted molar refractivity (Wildman–Crippen MR) is 69.7 cm³/mol. The van der Waals surface area contributed by atoms with E-state index in [2.05, 4.69) is 25.7 Å². The number of fused-ring (bicyclic) bond motifs is 1. The third-order valence-corrected chi connectivity index (χ3v) is 3.17. The van der Waals surface area contributed by atoms with Crippen LogP contribution in [0.1, 0.15) is 5.56 Å². The molecule has 1 aromatic heterocycles. The molecule has 1 aromatic carbocycles. The molecule has 0 aliphatic carbocycles. The second-order valence-electron chi connectivity index (χ2n) is 3.84. The minimum atomic E-state index is -0.627. The van der Waals surface area contributed by atoms with Gasteiger partial charge in [0.05, 0.1) is 7.11 Å². The normalized spacial score (nSPS) is 12.6. The van der Waals surface area contributed by atoms with Gasteiger partial charge in [-0.05, 0) is 23.8 Å². The quantitative estimate of drug-likeness (QED) is 0.851. The van der Waals surface area contributed by atoms with Crippen LogP contribution in [0.4, 0.5) is 0 Å². The van der Waals surface area contributed by atoms with Gasteiger partial charge in [0, 0.05) is 28.0 Å². The molecule has 0 fully saturated rings. The Balaban J connectivity index is 2.30. The Morgan fingerprint density at radius 2 is 2.35 bits per heavy atom. The molecule has 0 amide bonds. The second kappa shape index (κ2) is 4.89.